The number of benzene rings is 6. The molecule has 0 aromatic heterocycles. The summed E-state index contributed by atoms with van der Waals surface area (Å²) in [5.74, 6) is 3.13. The molecule has 1 nitrogen and oxygen atoms in total. The van der Waals surface area contributed by atoms with Gasteiger partial charge in [-0.1, -0.05) is 144 Å². The number of hydrogen-bond acceptors (Lipinski definition) is 2. The highest BCUT2D eigenvalue weighted by atomic mass is 32.2. The standard InChI is InChI=1S/C57H57NS/c1-54(2)26-27-55(3,4)52-45(54)18-12-20-49(52)58(41-23-24-43-42-16-10-11-17-44(42)56(5,6)47(43)34-41)50-21-13-19-46-53(50)59-51-25-22-38(37-14-8-7-9-15-37)33-48(51)57(46)39-29-35-28-36(31-39)32-40(57)30-35/h7-25,33-36,39-40H,26-32H2,1-6H3. The summed E-state index contributed by atoms with van der Waals surface area (Å²) < 4.78 is 0. The van der Waals surface area contributed by atoms with Crippen LogP contribution in [-0.2, 0) is 21.7 Å². The Kier molecular flexibility index (Phi) is 7.70. The SMILES string of the molecule is CC1(C)CCC(C)(C)c2c(N(c3ccc4c(c3)C(C)(C)c3ccccc3-4)c3cccc4c3Sc3ccc(-c5ccccc5)cc3C43C4CC5CC(C4)CC3C5)cccc21. The van der Waals surface area contributed by atoms with Gasteiger partial charge >= 0.3 is 0 Å². The lowest BCUT2D eigenvalue weighted by Crippen LogP contribution is -2.57. The fourth-order valence-corrected chi connectivity index (χ4v) is 15.4. The van der Waals surface area contributed by atoms with Crippen LogP contribution in [0.25, 0.3) is 22.3 Å². The van der Waals surface area contributed by atoms with Crippen LogP contribution in [0.5, 0.6) is 0 Å². The van der Waals surface area contributed by atoms with E-state index in [9.17, 15) is 0 Å². The summed E-state index contributed by atoms with van der Waals surface area (Å²) >= 11 is 2.06. The quantitative estimate of drug-likeness (QED) is 0.175. The van der Waals surface area contributed by atoms with Gasteiger partial charge in [-0.3, -0.25) is 0 Å². The number of fused-ring (bicyclic) bond motifs is 6. The Bertz CT molecular complexity index is 2670. The fraction of sp³-hybridized carbons (Fsp3) is 0.368. The maximum atomic E-state index is 2.74. The number of nitrogens with zero attached hydrogens (tertiary/aromatic N) is 1. The van der Waals surface area contributed by atoms with Crippen molar-refractivity contribution in [3.8, 4) is 22.3 Å². The molecule has 0 radical (unpaired) electrons. The van der Waals surface area contributed by atoms with Gasteiger partial charge in [0, 0.05) is 26.3 Å². The summed E-state index contributed by atoms with van der Waals surface area (Å²) in [6.45, 7) is 14.8. The Morgan fingerprint density at radius 1 is 0.492 bits per heavy atom. The summed E-state index contributed by atoms with van der Waals surface area (Å²) in [5, 5.41) is 0. The van der Waals surface area contributed by atoms with Gasteiger partial charge in [0.15, 0.2) is 0 Å². The summed E-state index contributed by atoms with van der Waals surface area (Å²) in [6.07, 6.45) is 9.32. The molecule has 0 saturated heterocycles. The van der Waals surface area contributed by atoms with Crippen molar-refractivity contribution in [1.82, 2.24) is 0 Å². The molecule has 1 heterocycles. The molecule has 4 bridgehead atoms. The molecule has 0 N–H and O–H groups in total. The molecular formula is C57H57NS. The van der Waals surface area contributed by atoms with Crippen LogP contribution in [0, 0.1) is 23.7 Å². The smallest absolute Gasteiger partial charge is 0.0604 e. The molecule has 4 fully saturated rings. The molecule has 2 heteroatoms. The van der Waals surface area contributed by atoms with Gasteiger partial charge in [0.1, 0.15) is 0 Å². The molecule has 6 aromatic rings. The molecule has 7 aliphatic rings. The van der Waals surface area contributed by atoms with Crippen LogP contribution in [0.1, 0.15) is 120 Å². The molecule has 0 atom stereocenters. The van der Waals surface area contributed by atoms with Gasteiger partial charge in [0.2, 0.25) is 0 Å². The first-order valence-corrected chi connectivity index (χ1v) is 23.5. The maximum absolute atomic E-state index is 2.74. The Hall–Kier alpha value is -4.53. The Morgan fingerprint density at radius 2 is 1.14 bits per heavy atom. The van der Waals surface area contributed by atoms with Crippen molar-refractivity contribution in [3.05, 3.63) is 161 Å². The second kappa shape index (κ2) is 12.5. The molecule has 1 spiro atoms. The van der Waals surface area contributed by atoms with E-state index in [0.717, 1.165) is 11.8 Å². The predicted molar refractivity (Wildman–Crippen MR) is 248 cm³/mol. The number of anilines is 3. The van der Waals surface area contributed by atoms with E-state index < -0.39 is 0 Å². The van der Waals surface area contributed by atoms with Crippen molar-refractivity contribution < 1.29 is 0 Å². The molecule has 59 heavy (non-hydrogen) atoms. The highest BCUT2D eigenvalue weighted by Crippen LogP contribution is 2.70. The van der Waals surface area contributed by atoms with Gasteiger partial charge in [-0.25, -0.2) is 0 Å². The minimum Gasteiger partial charge on any atom is -0.309 e. The van der Waals surface area contributed by atoms with Gasteiger partial charge < -0.3 is 4.90 Å². The topological polar surface area (TPSA) is 3.24 Å². The van der Waals surface area contributed by atoms with Gasteiger partial charge in [-0.05, 0) is 171 Å². The molecule has 6 aromatic carbocycles. The summed E-state index contributed by atoms with van der Waals surface area (Å²) in [5.41, 5.74) is 18.6. The van der Waals surface area contributed by atoms with Crippen molar-refractivity contribution in [2.45, 2.75) is 118 Å². The molecule has 13 rings (SSSR count). The van der Waals surface area contributed by atoms with Gasteiger partial charge in [-0.2, -0.15) is 0 Å². The largest absolute Gasteiger partial charge is 0.309 e. The molecule has 0 amide bonds. The first-order chi connectivity index (χ1) is 28.4. The third-order valence-electron chi connectivity index (χ3n) is 16.7. The van der Waals surface area contributed by atoms with Crippen LogP contribution in [-0.4, -0.2) is 0 Å². The second-order valence-corrected chi connectivity index (χ2v) is 22.3. The lowest BCUT2D eigenvalue weighted by molar-refractivity contribution is -0.0443. The van der Waals surface area contributed by atoms with Crippen molar-refractivity contribution >= 4 is 28.8 Å². The zero-order chi connectivity index (χ0) is 40.1. The van der Waals surface area contributed by atoms with Crippen molar-refractivity contribution in [2.75, 3.05) is 4.90 Å². The fourth-order valence-electron chi connectivity index (χ4n) is 14.1. The summed E-state index contributed by atoms with van der Waals surface area (Å²) in [7, 11) is 0. The van der Waals surface area contributed by atoms with E-state index in [1.807, 2.05) is 0 Å². The lowest BCUT2D eigenvalue weighted by atomic mass is 9.42. The van der Waals surface area contributed by atoms with E-state index in [1.165, 1.54) is 116 Å². The molecule has 1 aliphatic heterocycles. The van der Waals surface area contributed by atoms with Crippen molar-refractivity contribution in [1.29, 1.82) is 0 Å². The molecule has 296 valence electrons. The average molecular weight is 788 g/mol. The van der Waals surface area contributed by atoms with Crippen LogP contribution in [0.15, 0.2) is 137 Å². The Labute approximate surface area is 356 Å². The van der Waals surface area contributed by atoms with E-state index in [1.54, 1.807) is 11.1 Å². The summed E-state index contributed by atoms with van der Waals surface area (Å²) in [6, 6.07) is 50.0. The Morgan fingerprint density at radius 3 is 1.90 bits per heavy atom. The third-order valence-corrected chi connectivity index (χ3v) is 17.9. The van der Waals surface area contributed by atoms with Crippen LogP contribution < -0.4 is 4.90 Å². The van der Waals surface area contributed by atoms with Gasteiger partial charge in [0.25, 0.3) is 0 Å². The zero-order valence-electron chi connectivity index (χ0n) is 35.7. The van der Waals surface area contributed by atoms with Gasteiger partial charge in [-0.15, -0.1) is 0 Å². The zero-order valence-corrected chi connectivity index (χ0v) is 36.6. The summed E-state index contributed by atoms with van der Waals surface area (Å²) in [4.78, 5) is 5.69. The van der Waals surface area contributed by atoms with Crippen LogP contribution in [0.4, 0.5) is 17.1 Å². The molecular weight excluding hydrogens is 731 g/mol. The van der Waals surface area contributed by atoms with Crippen molar-refractivity contribution in [3.63, 3.8) is 0 Å². The highest BCUT2D eigenvalue weighted by Gasteiger charge is 2.61. The number of hydrogen-bond donors (Lipinski definition) is 0. The van der Waals surface area contributed by atoms with E-state index >= 15 is 0 Å². The van der Waals surface area contributed by atoms with E-state index in [0.29, 0.717) is 11.8 Å². The molecule has 4 saturated carbocycles. The lowest BCUT2D eigenvalue weighted by Gasteiger charge is -2.63. The van der Waals surface area contributed by atoms with Crippen LogP contribution in [0.3, 0.4) is 0 Å². The highest BCUT2D eigenvalue weighted by molar-refractivity contribution is 7.99. The van der Waals surface area contributed by atoms with Gasteiger partial charge in [0.05, 0.1) is 11.4 Å². The molecule has 0 unspecified atom stereocenters. The second-order valence-electron chi connectivity index (χ2n) is 21.2. The van der Waals surface area contributed by atoms with E-state index in [4.69, 9.17) is 0 Å². The first-order valence-electron chi connectivity index (χ1n) is 22.6. The van der Waals surface area contributed by atoms with Crippen LogP contribution in [0.2, 0.25) is 0 Å². The maximum Gasteiger partial charge on any atom is 0.0604 e. The van der Waals surface area contributed by atoms with Crippen LogP contribution >= 0.6 is 11.8 Å². The minimum atomic E-state index is -0.0876. The van der Waals surface area contributed by atoms with E-state index in [-0.39, 0.29) is 21.7 Å². The number of rotatable bonds is 4. The monoisotopic (exact) mass is 787 g/mol. The predicted octanol–water partition coefficient (Wildman–Crippen LogP) is 15.7. The first kappa shape index (κ1) is 36.3. The Balaban J connectivity index is 1.13. The van der Waals surface area contributed by atoms with Crippen molar-refractivity contribution in [2.24, 2.45) is 23.7 Å². The molecule has 6 aliphatic carbocycles. The average Bonchev–Trinajstić information content (AvgIpc) is 3.46. The minimum absolute atomic E-state index is 0.0226. The third kappa shape index (κ3) is 5.05. The van der Waals surface area contributed by atoms with E-state index in [2.05, 4.69) is 186 Å². The normalized spacial score (nSPS) is 26.7.